The van der Waals surface area contributed by atoms with E-state index in [1.165, 1.54) is 223 Å². The molecule has 0 aromatic heterocycles. The van der Waals surface area contributed by atoms with Gasteiger partial charge in [0.1, 0.15) is 0 Å². The Kier molecular flexibility index (Phi) is 37.5. The summed E-state index contributed by atoms with van der Waals surface area (Å²) in [4.78, 5) is 0. The van der Waals surface area contributed by atoms with E-state index in [1.54, 1.807) is 0 Å². The summed E-state index contributed by atoms with van der Waals surface area (Å²) < 4.78 is 1.34. The molecule has 0 spiro atoms. The van der Waals surface area contributed by atoms with Crippen LogP contribution in [-0.2, 0) is 0 Å². The summed E-state index contributed by atoms with van der Waals surface area (Å²) in [6, 6.07) is 0. The minimum atomic E-state index is 1.34. The van der Waals surface area contributed by atoms with E-state index in [1.807, 2.05) is 0 Å². The molecule has 0 atom stereocenters. The zero-order chi connectivity index (χ0) is 26.7. The fourth-order valence-electron chi connectivity index (χ4n) is 5.82. The first-order valence-electron chi connectivity index (χ1n) is 18.0. The lowest BCUT2D eigenvalue weighted by molar-refractivity contribution is 0.511. The van der Waals surface area contributed by atoms with Crippen molar-refractivity contribution in [1.82, 2.24) is 0 Å². The van der Waals surface area contributed by atoms with Gasteiger partial charge in [-0.15, -0.1) is 0 Å². The van der Waals surface area contributed by atoms with Crippen molar-refractivity contribution in [2.24, 2.45) is 0 Å². The third-order valence-electron chi connectivity index (χ3n) is 8.49. The second-order valence-electron chi connectivity index (χ2n) is 12.4. The highest BCUT2D eigenvalue weighted by atomic mass is 127. The molecule has 0 saturated heterocycles. The van der Waals surface area contributed by atoms with Crippen molar-refractivity contribution >= 4 is 22.6 Å². The largest absolute Gasteiger partial charge is 0.0864 e. The van der Waals surface area contributed by atoms with Gasteiger partial charge in [-0.05, 0) is 10.8 Å². The Morgan fingerprint density at radius 3 is 0.486 bits per heavy atom. The predicted molar refractivity (Wildman–Crippen MR) is 182 cm³/mol. The van der Waals surface area contributed by atoms with E-state index >= 15 is 0 Å². The van der Waals surface area contributed by atoms with E-state index in [2.05, 4.69) is 29.5 Å². The molecule has 1 heteroatoms. The minimum absolute atomic E-state index is 1.34. The summed E-state index contributed by atoms with van der Waals surface area (Å²) in [5.41, 5.74) is 0. The zero-order valence-corrected chi connectivity index (χ0v) is 28.3. The number of hydrogen-bond acceptors (Lipinski definition) is 0. The highest BCUT2D eigenvalue weighted by molar-refractivity contribution is 14.1. The third kappa shape index (κ3) is 36.7. The van der Waals surface area contributed by atoms with Crippen LogP contribution in [0.5, 0.6) is 0 Å². The van der Waals surface area contributed by atoms with E-state index in [9.17, 15) is 0 Å². The van der Waals surface area contributed by atoms with Gasteiger partial charge in [0.05, 0.1) is 0 Å². The van der Waals surface area contributed by atoms with Crippen LogP contribution in [0.15, 0.2) is 0 Å². The first kappa shape index (κ1) is 37.7. The van der Waals surface area contributed by atoms with Crippen molar-refractivity contribution in [2.75, 3.05) is 4.43 Å². The van der Waals surface area contributed by atoms with E-state index < -0.39 is 0 Å². The van der Waals surface area contributed by atoms with Crippen LogP contribution in [0.2, 0.25) is 0 Å². The first-order chi connectivity index (χ1) is 18.4. The number of hydrogen-bond donors (Lipinski definition) is 0. The molecule has 0 nitrogen and oxygen atoms in total. The van der Waals surface area contributed by atoms with Crippen molar-refractivity contribution in [3.8, 4) is 0 Å². The van der Waals surface area contributed by atoms with E-state index in [-0.39, 0.29) is 0 Å². The molecule has 0 saturated carbocycles. The molecular weight excluding hydrogens is 559 g/mol. The lowest BCUT2D eigenvalue weighted by Crippen LogP contribution is -1.85. The fourth-order valence-corrected chi connectivity index (χ4v) is 6.36. The Balaban J connectivity index is 3.00. The molecule has 0 fully saturated rings. The Bertz CT molecular complexity index is 332. The number of unbranched alkanes of at least 4 members (excludes halogenated alkanes) is 33. The fraction of sp³-hybridized carbons (Fsp3) is 1.00. The molecule has 37 heavy (non-hydrogen) atoms. The summed E-state index contributed by atoms with van der Waals surface area (Å²) in [6.07, 6.45) is 50.5. The molecule has 0 radical (unpaired) electrons. The molecular formula is C36H73I. The summed E-state index contributed by atoms with van der Waals surface area (Å²) in [5, 5.41) is 0. The normalized spacial score (nSPS) is 11.5. The minimum Gasteiger partial charge on any atom is -0.0864 e. The topological polar surface area (TPSA) is 0 Å². The molecule has 224 valence electrons. The lowest BCUT2D eigenvalue weighted by Gasteiger charge is -2.05. The average Bonchev–Trinajstić information content (AvgIpc) is 2.91. The molecule has 0 aromatic carbocycles. The zero-order valence-electron chi connectivity index (χ0n) is 26.1. The average molecular weight is 633 g/mol. The molecule has 0 N–H and O–H groups in total. The van der Waals surface area contributed by atoms with Gasteiger partial charge in [-0.2, -0.15) is 0 Å². The van der Waals surface area contributed by atoms with Crippen LogP contribution < -0.4 is 0 Å². The lowest BCUT2D eigenvalue weighted by atomic mass is 10.0. The van der Waals surface area contributed by atoms with Gasteiger partial charge in [0.15, 0.2) is 0 Å². The van der Waals surface area contributed by atoms with Gasteiger partial charge in [-0.1, -0.05) is 241 Å². The smallest absolute Gasteiger partial charge is 0.000473 e. The molecule has 0 aliphatic rings. The Morgan fingerprint density at radius 1 is 0.216 bits per heavy atom. The summed E-state index contributed by atoms with van der Waals surface area (Å²) >= 11 is 2.50. The van der Waals surface area contributed by atoms with Crippen LogP contribution >= 0.6 is 22.6 Å². The van der Waals surface area contributed by atoms with Gasteiger partial charge in [0, 0.05) is 0 Å². The van der Waals surface area contributed by atoms with Crippen molar-refractivity contribution < 1.29 is 0 Å². The van der Waals surface area contributed by atoms with E-state index in [4.69, 9.17) is 0 Å². The number of alkyl halides is 1. The van der Waals surface area contributed by atoms with Crippen LogP contribution in [0.25, 0.3) is 0 Å². The third-order valence-corrected chi connectivity index (χ3v) is 9.25. The SMILES string of the molecule is CCCCCCCCCCCCCCCCCCCCCCCCCCCCCCCCCCCCI. The predicted octanol–water partition coefficient (Wildman–Crippen LogP) is 14.7. The van der Waals surface area contributed by atoms with Gasteiger partial charge in [0.2, 0.25) is 0 Å². The second kappa shape index (κ2) is 36.7. The van der Waals surface area contributed by atoms with Crippen molar-refractivity contribution in [3.05, 3.63) is 0 Å². The van der Waals surface area contributed by atoms with E-state index in [0.29, 0.717) is 0 Å². The van der Waals surface area contributed by atoms with Crippen molar-refractivity contribution in [1.29, 1.82) is 0 Å². The van der Waals surface area contributed by atoms with Crippen LogP contribution in [0, 0.1) is 0 Å². The second-order valence-corrected chi connectivity index (χ2v) is 13.4. The molecule has 0 aromatic rings. The van der Waals surface area contributed by atoms with Crippen molar-refractivity contribution in [2.45, 2.75) is 225 Å². The molecule has 0 aliphatic carbocycles. The Hall–Kier alpha value is 0.730. The molecule has 0 unspecified atom stereocenters. The Labute approximate surface area is 251 Å². The van der Waals surface area contributed by atoms with Gasteiger partial charge < -0.3 is 0 Å². The number of halogens is 1. The quantitative estimate of drug-likeness (QED) is 0.0376. The highest BCUT2D eigenvalue weighted by Crippen LogP contribution is 2.17. The molecule has 0 aliphatic heterocycles. The van der Waals surface area contributed by atoms with Gasteiger partial charge in [-0.3, -0.25) is 0 Å². The van der Waals surface area contributed by atoms with Crippen LogP contribution in [0.4, 0.5) is 0 Å². The number of rotatable bonds is 34. The van der Waals surface area contributed by atoms with E-state index in [0.717, 1.165) is 0 Å². The first-order valence-corrected chi connectivity index (χ1v) is 19.5. The van der Waals surface area contributed by atoms with Crippen LogP contribution in [0.1, 0.15) is 225 Å². The molecule has 0 rings (SSSR count). The summed E-state index contributed by atoms with van der Waals surface area (Å²) in [6.45, 7) is 2.31. The molecule has 0 amide bonds. The molecule has 0 heterocycles. The monoisotopic (exact) mass is 632 g/mol. The van der Waals surface area contributed by atoms with Gasteiger partial charge in [0.25, 0.3) is 0 Å². The van der Waals surface area contributed by atoms with Gasteiger partial charge in [-0.25, -0.2) is 0 Å². The van der Waals surface area contributed by atoms with Gasteiger partial charge >= 0.3 is 0 Å². The highest BCUT2D eigenvalue weighted by Gasteiger charge is 1.97. The maximum Gasteiger partial charge on any atom is -0.000473 e. The van der Waals surface area contributed by atoms with Crippen molar-refractivity contribution in [3.63, 3.8) is 0 Å². The summed E-state index contributed by atoms with van der Waals surface area (Å²) in [5.74, 6) is 0. The maximum absolute atomic E-state index is 2.50. The van der Waals surface area contributed by atoms with Crippen LogP contribution in [0.3, 0.4) is 0 Å². The van der Waals surface area contributed by atoms with Crippen LogP contribution in [-0.4, -0.2) is 4.43 Å². The summed E-state index contributed by atoms with van der Waals surface area (Å²) in [7, 11) is 0. The Morgan fingerprint density at radius 2 is 0.351 bits per heavy atom. The molecule has 0 bridgehead atoms. The standard InChI is InChI=1S/C36H73I/c1-2-3-4-5-6-7-8-9-10-11-12-13-14-15-16-17-18-19-20-21-22-23-24-25-26-27-28-29-30-31-32-33-34-35-36-37/h2-36H2,1H3. The maximum atomic E-state index is 2.50.